The Morgan fingerprint density at radius 2 is 1.76 bits per heavy atom. The Balaban J connectivity index is 1.55. The molecule has 11 heteroatoms. The molecule has 1 saturated heterocycles. The highest BCUT2D eigenvalue weighted by molar-refractivity contribution is 7.89. The number of rotatable bonds is 7. The predicted molar refractivity (Wildman–Crippen MR) is 118 cm³/mol. The second-order valence-electron chi connectivity index (χ2n) is 7.29. The van der Waals surface area contributed by atoms with Crippen molar-refractivity contribution >= 4 is 27.9 Å². The first-order chi connectivity index (χ1) is 15.8. The maximum Gasteiger partial charge on any atom is 0.338 e. The molecule has 2 aromatic carbocycles. The van der Waals surface area contributed by atoms with Gasteiger partial charge in [0.1, 0.15) is 0 Å². The molecule has 3 rings (SSSR count). The first-order valence-electron chi connectivity index (χ1n) is 10.2. The van der Waals surface area contributed by atoms with Crippen LogP contribution in [0.3, 0.4) is 0 Å². The van der Waals surface area contributed by atoms with E-state index in [0.29, 0.717) is 18.8 Å². The monoisotopic (exact) mass is 475 g/mol. The number of imide groups is 1. The number of morpholine rings is 1. The lowest BCUT2D eigenvalue weighted by atomic mass is 10.1. The summed E-state index contributed by atoms with van der Waals surface area (Å²) in [5.74, 6) is -1.70. The maximum absolute atomic E-state index is 12.9. The molecule has 3 amide bonds. The summed E-state index contributed by atoms with van der Waals surface area (Å²) in [5.41, 5.74) is 1.31. The number of nitrogens with zero attached hydrogens (tertiary/aromatic N) is 1. The van der Waals surface area contributed by atoms with E-state index >= 15 is 0 Å². The van der Waals surface area contributed by atoms with Gasteiger partial charge in [-0.1, -0.05) is 36.4 Å². The molecule has 0 aromatic heterocycles. The largest absolute Gasteiger partial charge is 0.452 e. The van der Waals surface area contributed by atoms with E-state index in [0.717, 1.165) is 5.56 Å². The summed E-state index contributed by atoms with van der Waals surface area (Å²) in [4.78, 5) is 36.1. The van der Waals surface area contributed by atoms with Crippen LogP contribution in [-0.4, -0.2) is 63.5 Å². The number of benzene rings is 2. The van der Waals surface area contributed by atoms with Gasteiger partial charge < -0.3 is 14.8 Å². The Hall–Kier alpha value is -3.28. The van der Waals surface area contributed by atoms with E-state index in [-0.39, 0.29) is 30.1 Å². The molecule has 0 bridgehead atoms. The quantitative estimate of drug-likeness (QED) is 0.575. The Morgan fingerprint density at radius 1 is 1.06 bits per heavy atom. The number of urea groups is 1. The van der Waals surface area contributed by atoms with Crippen LogP contribution in [0.5, 0.6) is 0 Å². The molecule has 0 saturated carbocycles. The minimum Gasteiger partial charge on any atom is -0.452 e. The van der Waals surface area contributed by atoms with Crippen molar-refractivity contribution in [1.29, 1.82) is 0 Å². The summed E-state index contributed by atoms with van der Waals surface area (Å²) in [5, 5.41) is 4.58. The van der Waals surface area contributed by atoms with E-state index in [1.54, 1.807) is 6.92 Å². The molecule has 2 aromatic rings. The fourth-order valence-electron chi connectivity index (χ4n) is 3.13. The lowest BCUT2D eigenvalue weighted by molar-refractivity contribution is -0.123. The topological polar surface area (TPSA) is 131 Å². The van der Waals surface area contributed by atoms with Crippen LogP contribution in [-0.2, 0) is 30.8 Å². The van der Waals surface area contributed by atoms with Crippen molar-refractivity contribution in [2.75, 3.05) is 32.9 Å². The summed E-state index contributed by atoms with van der Waals surface area (Å²) in [6.45, 7) is 2.21. The van der Waals surface area contributed by atoms with Gasteiger partial charge in [0, 0.05) is 19.6 Å². The van der Waals surface area contributed by atoms with Crippen LogP contribution in [0.25, 0.3) is 0 Å². The molecular formula is C22H25N3O7S. The molecular weight excluding hydrogens is 450 g/mol. The minimum atomic E-state index is -3.81. The van der Waals surface area contributed by atoms with Crippen molar-refractivity contribution in [2.45, 2.75) is 18.4 Å². The zero-order valence-corrected chi connectivity index (χ0v) is 18.9. The van der Waals surface area contributed by atoms with Gasteiger partial charge in [0.15, 0.2) is 6.61 Å². The van der Waals surface area contributed by atoms with Crippen LogP contribution < -0.4 is 10.6 Å². The molecule has 0 atom stereocenters. The Labute approximate surface area is 191 Å². The molecule has 33 heavy (non-hydrogen) atoms. The van der Waals surface area contributed by atoms with Crippen LogP contribution in [0.1, 0.15) is 21.5 Å². The first-order valence-corrected chi connectivity index (χ1v) is 11.7. The summed E-state index contributed by atoms with van der Waals surface area (Å²) in [6.07, 6.45) is 0. The lowest BCUT2D eigenvalue weighted by Gasteiger charge is -2.26. The highest BCUT2D eigenvalue weighted by atomic mass is 32.2. The molecule has 0 radical (unpaired) electrons. The third kappa shape index (κ3) is 6.60. The van der Waals surface area contributed by atoms with Crippen LogP contribution in [0.4, 0.5) is 4.79 Å². The number of hydrogen-bond acceptors (Lipinski definition) is 7. The maximum atomic E-state index is 12.9. The fourth-order valence-corrected chi connectivity index (χ4v) is 4.79. The van der Waals surface area contributed by atoms with Gasteiger partial charge in [0.25, 0.3) is 5.91 Å². The van der Waals surface area contributed by atoms with Crippen molar-refractivity contribution < 1.29 is 32.3 Å². The highest BCUT2D eigenvalue weighted by Gasteiger charge is 2.28. The summed E-state index contributed by atoms with van der Waals surface area (Å²) >= 11 is 0. The molecule has 0 spiro atoms. The fraction of sp³-hybridized carbons (Fsp3) is 0.318. The number of aryl methyl sites for hydroxylation is 1. The van der Waals surface area contributed by atoms with Crippen molar-refractivity contribution in [3.63, 3.8) is 0 Å². The zero-order chi connectivity index (χ0) is 23.8. The van der Waals surface area contributed by atoms with E-state index in [9.17, 15) is 22.8 Å². The number of amides is 3. The van der Waals surface area contributed by atoms with Gasteiger partial charge in [-0.25, -0.2) is 18.0 Å². The molecule has 1 aliphatic heterocycles. The number of carbonyl (C=O) groups excluding carboxylic acids is 3. The van der Waals surface area contributed by atoms with Gasteiger partial charge in [-0.2, -0.15) is 4.31 Å². The Kier molecular flexibility index (Phi) is 8.15. The van der Waals surface area contributed by atoms with Crippen LogP contribution in [0.15, 0.2) is 53.4 Å². The number of esters is 1. The molecule has 1 fully saturated rings. The predicted octanol–water partition coefficient (Wildman–Crippen LogP) is 1.20. The average molecular weight is 476 g/mol. The van der Waals surface area contributed by atoms with Gasteiger partial charge >= 0.3 is 12.0 Å². The van der Waals surface area contributed by atoms with Crippen molar-refractivity contribution in [3.05, 3.63) is 65.2 Å². The zero-order valence-electron chi connectivity index (χ0n) is 18.1. The second kappa shape index (κ2) is 11.0. The van der Waals surface area contributed by atoms with Gasteiger partial charge in [0.05, 0.1) is 23.7 Å². The van der Waals surface area contributed by atoms with Crippen molar-refractivity contribution in [2.24, 2.45) is 0 Å². The Morgan fingerprint density at radius 3 is 2.45 bits per heavy atom. The van der Waals surface area contributed by atoms with Crippen LogP contribution >= 0.6 is 0 Å². The number of ether oxygens (including phenoxy) is 2. The van der Waals surface area contributed by atoms with Gasteiger partial charge in [0.2, 0.25) is 10.0 Å². The van der Waals surface area contributed by atoms with E-state index in [1.807, 2.05) is 30.3 Å². The molecule has 0 unspecified atom stereocenters. The summed E-state index contributed by atoms with van der Waals surface area (Å²) in [7, 11) is -3.81. The Bertz CT molecular complexity index is 1110. The minimum absolute atomic E-state index is 0.0106. The van der Waals surface area contributed by atoms with E-state index < -0.39 is 34.5 Å². The third-order valence-corrected chi connectivity index (χ3v) is 6.94. The van der Waals surface area contributed by atoms with Crippen molar-refractivity contribution in [3.8, 4) is 0 Å². The standard InChI is InChI=1S/C22H25N3O7S/c1-16-7-8-18(13-19(16)33(29,30)25-9-11-31-12-10-25)21(27)32-15-20(26)24-22(28)23-14-17-5-3-2-4-6-17/h2-8,13H,9-12,14-15H2,1H3,(H2,23,24,26,28). The molecule has 10 nitrogen and oxygen atoms in total. The van der Waals surface area contributed by atoms with Crippen LogP contribution in [0.2, 0.25) is 0 Å². The van der Waals surface area contributed by atoms with Gasteiger partial charge in [-0.05, 0) is 30.2 Å². The van der Waals surface area contributed by atoms with E-state index in [1.165, 1.54) is 22.5 Å². The number of carbonyl (C=O) groups is 3. The second-order valence-corrected chi connectivity index (χ2v) is 9.20. The number of sulfonamides is 1. The van der Waals surface area contributed by atoms with Crippen LogP contribution in [0, 0.1) is 6.92 Å². The third-order valence-electron chi connectivity index (χ3n) is 4.89. The summed E-state index contributed by atoms with van der Waals surface area (Å²) in [6, 6.07) is 12.5. The van der Waals surface area contributed by atoms with Gasteiger partial charge in [-0.15, -0.1) is 0 Å². The molecule has 1 aliphatic rings. The number of hydrogen-bond donors (Lipinski definition) is 2. The number of nitrogens with one attached hydrogen (secondary N) is 2. The smallest absolute Gasteiger partial charge is 0.338 e. The molecule has 176 valence electrons. The lowest BCUT2D eigenvalue weighted by Crippen LogP contribution is -2.41. The SMILES string of the molecule is Cc1ccc(C(=O)OCC(=O)NC(=O)NCc2ccccc2)cc1S(=O)(=O)N1CCOCC1. The molecule has 1 heterocycles. The molecule has 2 N–H and O–H groups in total. The summed E-state index contributed by atoms with van der Waals surface area (Å²) < 4.78 is 37.3. The highest BCUT2D eigenvalue weighted by Crippen LogP contribution is 2.22. The van der Waals surface area contributed by atoms with Gasteiger partial charge in [-0.3, -0.25) is 10.1 Å². The molecule has 0 aliphatic carbocycles. The normalized spacial score (nSPS) is 14.3. The van der Waals surface area contributed by atoms with Crippen molar-refractivity contribution in [1.82, 2.24) is 14.9 Å². The first kappa shape index (κ1) is 24.4. The van der Waals surface area contributed by atoms with E-state index in [4.69, 9.17) is 9.47 Å². The average Bonchev–Trinajstić information content (AvgIpc) is 2.82. The van der Waals surface area contributed by atoms with E-state index in [2.05, 4.69) is 10.6 Å².